The monoisotopic (exact) mass is 704 g/mol. The minimum atomic E-state index is -1.90. The molecule has 0 aromatic heterocycles. The molecule has 1 heterocycles. The number of hydrogen-bond donors (Lipinski definition) is 6. The van der Waals surface area contributed by atoms with E-state index in [1.165, 1.54) is 4.90 Å². The van der Waals surface area contributed by atoms with Gasteiger partial charge in [-0.15, -0.1) is 0 Å². The van der Waals surface area contributed by atoms with Crippen molar-refractivity contribution in [2.75, 3.05) is 25.0 Å². The van der Waals surface area contributed by atoms with Crippen LogP contribution in [0.5, 0.6) is 0 Å². The Balaban J connectivity index is 1.39. The molecule has 1 fully saturated rings. The van der Waals surface area contributed by atoms with E-state index in [4.69, 9.17) is 17.2 Å². The van der Waals surface area contributed by atoms with Crippen molar-refractivity contribution in [2.24, 2.45) is 22.2 Å². The first-order valence-corrected chi connectivity index (χ1v) is 17.2. The van der Waals surface area contributed by atoms with Gasteiger partial charge in [-0.2, -0.15) is 0 Å². The summed E-state index contributed by atoms with van der Waals surface area (Å²) < 4.78 is 0. The first-order chi connectivity index (χ1) is 25.1. The summed E-state index contributed by atoms with van der Waals surface area (Å²) in [5.41, 5.74) is 16.2. The third-order valence-electron chi connectivity index (χ3n) is 9.09. The largest absolute Gasteiger partial charge is 0.370 e. The lowest BCUT2D eigenvalue weighted by Crippen LogP contribution is -2.64. The van der Waals surface area contributed by atoms with Gasteiger partial charge >= 0.3 is 0 Å². The maximum atomic E-state index is 14.7. The molecule has 0 spiro atoms. The number of fused-ring (bicyclic) bond motifs is 1. The van der Waals surface area contributed by atoms with Gasteiger partial charge in [-0.25, -0.2) is 0 Å². The van der Waals surface area contributed by atoms with Gasteiger partial charge in [0.05, 0.1) is 12.6 Å². The number of ketones is 1. The molecule has 0 saturated carbocycles. The predicted molar refractivity (Wildman–Crippen MR) is 200 cm³/mol. The van der Waals surface area contributed by atoms with E-state index in [0.717, 1.165) is 16.3 Å². The predicted octanol–water partition coefficient (Wildman–Crippen LogP) is 2.25. The van der Waals surface area contributed by atoms with Gasteiger partial charge in [-0.1, -0.05) is 91.0 Å². The molecule has 1 saturated heterocycles. The lowest BCUT2D eigenvalue weighted by atomic mass is 9.84. The number of benzene rings is 4. The number of hydrogen-bond acceptors (Lipinski definition) is 7. The van der Waals surface area contributed by atoms with Crippen LogP contribution in [0.4, 0.5) is 5.69 Å². The van der Waals surface area contributed by atoms with Gasteiger partial charge in [0.15, 0.2) is 17.3 Å². The van der Waals surface area contributed by atoms with Crippen LogP contribution in [-0.2, 0) is 25.6 Å². The number of amides is 4. The second-order valence-electron chi connectivity index (χ2n) is 12.7. The number of carbonyl (C=O) groups excluding carboxylic acids is 5. The fraction of sp³-hybridized carbons (Fsp3) is 0.282. The third kappa shape index (κ3) is 8.98. The van der Waals surface area contributed by atoms with Crippen LogP contribution in [0.15, 0.2) is 108 Å². The van der Waals surface area contributed by atoms with Crippen molar-refractivity contribution in [3.8, 4) is 0 Å². The molecule has 5 rings (SSSR count). The zero-order chi connectivity index (χ0) is 37.1. The maximum absolute atomic E-state index is 14.7. The summed E-state index contributed by atoms with van der Waals surface area (Å²) in [6.07, 6.45) is 1.27. The molecule has 4 amide bonds. The first kappa shape index (κ1) is 37.2. The third-order valence-corrected chi connectivity index (χ3v) is 9.09. The van der Waals surface area contributed by atoms with Gasteiger partial charge in [0.25, 0.3) is 5.91 Å². The van der Waals surface area contributed by atoms with Gasteiger partial charge in [-0.05, 0) is 54.2 Å². The summed E-state index contributed by atoms with van der Waals surface area (Å²) in [4.78, 5) is 74.7. The Hall–Kier alpha value is -6.08. The second-order valence-corrected chi connectivity index (χ2v) is 12.7. The number of anilines is 1. The second kappa shape index (κ2) is 17.2. The average molecular weight is 705 g/mol. The van der Waals surface area contributed by atoms with Crippen molar-refractivity contribution in [1.29, 1.82) is 0 Å². The number of carbonyl (C=O) groups is 5. The number of nitrogens with one attached hydrogen (secondary N) is 3. The molecular formula is C39H44N8O5. The number of likely N-dealkylation sites (tertiary alicyclic amines) is 1. The molecule has 0 unspecified atom stereocenters. The van der Waals surface area contributed by atoms with Gasteiger partial charge in [0.1, 0.15) is 6.04 Å². The van der Waals surface area contributed by atoms with E-state index in [-0.39, 0.29) is 37.3 Å². The maximum Gasteiger partial charge on any atom is 0.258 e. The zero-order valence-electron chi connectivity index (χ0n) is 28.8. The molecule has 3 atom stereocenters. The molecule has 0 radical (unpaired) electrons. The summed E-state index contributed by atoms with van der Waals surface area (Å²) >= 11 is 0. The minimum absolute atomic E-state index is 0.0598. The van der Waals surface area contributed by atoms with Gasteiger partial charge in [-0.3, -0.25) is 29.0 Å². The van der Waals surface area contributed by atoms with Gasteiger partial charge < -0.3 is 38.1 Å². The quantitative estimate of drug-likeness (QED) is 0.0354. The Morgan fingerprint density at radius 2 is 1.52 bits per heavy atom. The van der Waals surface area contributed by atoms with Crippen molar-refractivity contribution in [3.05, 3.63) is 114 Å². The van der Waals surface area contributed by atoms with Crippen molar-refractivity contribution in [2.45, 2.75) is 49.7 Å². The molecule has 13 heteroatoms. The molecule has 1 aliphatic heterocycles. The Bertz CT molecular complexity index is 1930. The van der Waals surface area contributed by atoms with Crippen LogP contribution in [0.2, 0.25) is 0 Å². The summed E-state index contributed by atoms with van der Waals surface area (Å²) in [6, 6.07) is 28.5. The van der Waals surface area contributed by atoms with Crippen molar-refractivity contribution in [1.82, 2.24) is 15.5 Å². The highest BCUT2D eigenvalue weighted by Crippen LogP contribution is 2.35. The summed E-state index contributed by atoms with van der Waals surface area (Å²) in [6.45, 7) is -0.0389. The topological polar surface area (TPSA) is 215 Å². The Kier molecular flexibility index (Phi) is 12.3. The normalized spacial score (nSPS) is 16.4. The van der Waals surface area contributed by atoms with Crippen LogP contribution in [0.25, 0.3) is 10.8 Å². The van der Waals surface area contributed by atoms with Crippen molar-refractivity contribution >= 4 is 51.8 Å². The lowest BCUT2D eigenvalue weighted by molar-refractivity contribution is -0.143. The number of nitrogens with two attached hydrogens (primary N) is 3. The minimum Gasteiger partial charge on any atom is -0.370 e. The van der Waals surface area contributed by atoms with E-state index < -0.39 is 53.6 Å². The van der Waals surface area contributed by atoms with Crippen LogP contribution in [0.1, 0.15) is 41.6 Å². The van der Waals surface area contributed by atoms with E-state index >= 15 is 0 Å². The molecule has 0 aliphatic carbocycles. The van der Waals surface area contributed by atoms with Crippen LogP contribution in [-0.4, -0.2) is 77.5 Å². The molecule has 0 bridgehead atoms. The van der Waals surface area contributed by atoms with Crippen LogP contribution in [0, 0.1) is 0 Å². The van der Waals surface area contributed by atoms with Crippen molar-refractivity contribution in [3.63, 3.8) is 0 Å². The molecular weight excluding hydrogens is 660 g/mol. The Morgan fingerprint density at radius 1 is 0.846 bits per heavy atom. The number of nitrogens with zero attached hydrogens (tertiary/aromatic N) is 2. The fourth-order valence-electron chi connectivity index (χ4n) is 6.45. The SMILES string of the molecule is NC(N)=NCCC[C@H](N)C(=O)NCC(=O)N[C@@H](Cc1ccccc1)C(=O)N1CCC[C@]1(C(=O)Nc1ccc2ccccc2c1)C(=O)c1ccccc1. The van der Waals surface area contributed by atoms with E-state index in [1.54, 1.807) is 36.4 Å². The number of aliphatic imine (C=N–C) groups is 1. The fourth-order valence-corrected chi connectivity index (χ4v) is 6.45. The van der Waals surface area contributed by atoms with E-state index in [0.29, 0.717) is 25.1 Å². The smallest absolute Gasteiger partial charge is 0.258 e. The van der Waals surface area contributed by atoms with Gasteiger partial charge in [0.2, 0.25) is 17.7 Å². The van der Waals surface area contributed by atoms with Crippen LogP contribution >= 0.6 is 0 Å². The zero-order valence-corrected chi connectivity index (χ0v) is 28.8. The average Bonchev–Trinajstić information content (AvgIpc) is 3.61. The van der Waals surface area contributed by atoms with Crippen molar-refractivity contribution < 1.29 is 24.0 Å². The van der Waals surface area contributed by atoms with Gasteiger partial charge in [0, 0.05) is 30.8 Å². The number of rotatable bonds is 15. The lowest BCUT2D eigenvalue weighted by Gasteiger charge is -2.38. The highest BCUT2D eigenvalue weighted by atomic mass is 16.2. The molecule has 13 nitrogen and oxygen atoms in total. The van der Waals surface area contributed by atoms with E-state index in [1.807, 2.05) is 66.7 Å². The summed E-state index contributed by atoms with van der Waals surface area (Å²) in [5, 5.41) is 10.1. The molecule has 52 heavy (non-hydrogen) atoms. The molecule has 4 aromatic carbocycles. The molecule has 1 aliphatic rings. The van der Waals surface area contributed by atoms with Crippen LogP contribution < -0.4 is 33.2 Å². The Labute approximate surface area is 302 Å². The number of guanidine groups is 1. The molecule has 4 aromatic rings. The standard InChI is InChI=1S/C39H44N8O5/c40-31(17-9-21-43-38(41)42)35(50)44-25-33(48)46-32(23-26-11-3-1-4-12-26)36(51)47-22-10-20-39(47,34(49)28-14-5-2-6-15-28)37(52)45-30-19-18-27-13-7-8-16-29(27)24-30/h1-8,11-16,18-19,24,31-32H,9-10,17,20-23,25,40H2,(H,44,50)(H,45,52)(H,46,48)(H4,41,42,43)/t31-,32-,39+/m0/s1. The Morgan fingerprint density at radius 3 is 2.23 bits per heavy atom. The summed E-state index contributed by atoms with van der Waals surface area (Å²) in [7, 11) is 0. The highest BCUT2D eigenvalue weighted by Gasteiger charge is 2.56. The molecule has 270 valence electrons. The number of Topliss-reactive ketones (excluding diaryl/α,β-unsaturated/α-hetero) is 1. The molecule has 9 N–H and O–H groups in total. The van der Waals surface area contributed by atoms with E-state index in [2.05, 4.69) is 20.9 Å². The first-order valence-electron chi connectivity index (χ1n) is 17.2. The van der Waals surface area contributed by atoms with Crippen LogP contribution in [0.3, 0.4) is 0 Å². The highest BCUT2D eigenvalue weighted by molar-refractivity contribution is 6.23. The van der Waals surface area contributed by atoms with E-state index in [9.17, 15) is 24.0 Å². The summed E-state index contributed by atoms with van der Waals surface area (Å²) in [5.74, 6) is -3.03.